The number of rotatable bonds is 6. The van der Waals surface area contributed by atoms with Gasteiger partial charge in [-0.05, 0) is 48.2 Å². The molecule has 3 heteroatoms. The predicted octanol–water partition coefficient (Wildman–Crippen LogP) is 5.05. The number of aryl methyl sites for hydroxylation is 2. The first kappa shape index (κ1) is 17.7. The molecule has 0 aliphatic heterocycles. The molecule has 0 fully saturated rings. The maximum atomic E-state index is 11.6. The molecule has 0 aliphatic carbocycles. The van der Waals surface area contributed by atoms with Gasteiger partial charge in [-0.2, -0.15) is 0 Å². The molecule has 0 amide bonds. The van der Waals surface area contributed by atoms with Crippen molar-refractivity contribution in [3.8, 4) is 16.9 Å². The maximum absolute atomic E-state index is 11.6. The molecule has 3 rings (SSSR count). The van der Waals surface area contributed by atoms with Crippen molar-refractivity contribution in [3.05, 3.63) is 89.5 Å². The summed E-state index contributed by atoms with van der Waals surface area (Å²) < 4.78 is 5.76. The monoisotopic (exact) mass is 346 g/mol. The Morgan fingerprint density at radius 1 is 0.923 bits per heavy atom. The molecular formula is C23H22O3. The molecule has 1 N–H and O–H groups in total. The number of carboxylic acids is 1. The topological polar surface area (TPSA) is 46.5 Å². The highest BCUT2D eigenvalue weighted by molar-refractivity contribution is 5.73. The summed E-state index contributed by atoms with van der Waals surface area (Å²) in [6.07, 6.45) is -0.582. The Balaban J connectivity index is 1.75. The van der Waals surface area contributed by atoms with E-state index >= 15 is 0 Å². The molecule has 0 heterocycles. The highest BCUT2D eigenvalue weighted by Crippen LogP contribution is 2.23. The van der Waals surface area contributed by atoms with Gasteiger partial charge in [-0.3, -0.25) is 0 Å². The van der Waals surface area contributed by atoms with Crippen LogP contribution in [0.3, 0.4) is 0 Å². The van der Waals surface area contributed by atoms with Crippen LogP contribution in [0.5, 0.6) is 5.75 Å². The normalized spacial score (nSPS) is 11.8. The molecule has 0 aliphatic rings. The van der Waals surface area contributed by atoms with Gasteiger partial charge in [-0.1, -0.05) is 66.2 Å². The van der Waals surface area contributed by atoms with Gasteiger partial charge >= 0.3 is 5.97 Å². The van der Waals surface area contributed by atoms with Gasteiger partial charge in [-0.15, -0.1) is 0 Å². The van der Waals surface area contributed by atoms with Crippen molar-refractivity contribution in [2.45, 2.75) is 26.4 Å². The SMILES string of the molecule is Cc1ccc(C[C@@H](Oc2ccc(-c3ccccc3)cc2)C(=O)O)c(C)c1. The van der Waals surface area contributed by atoms with Crippen LogP contribution in [0, 0.1) is 13.8 Å². The highest BCUT2D eigenvalue weighted by Gasteiger charge is 2.21. The first-order chi connectivity index (χ1) is 12.5. The van der Waals surface area contributed by atoms with Crippen molar-refractivity contribution in [3.63, 3.8) is 0 Å². The van der Waals surface area contributed by atoms with Crippen LogP contribution in [0.15, 0.2) is 72.8 Å². The average molecular weight is 346 g/mol. The number of ether oxygens (including phenoxy) is 1. The number of hydrogen-bond acceptors (Lipinski definition) is 2. The van der Waals surface area contributed by atoms with E-state index in [1.807, 2.05) is 80.6 Å². The second kappa shape index (κ2) is 7.87. The average Bonchev–Trinajstić information content (AvgIpc) is 2.64. The number of hydrogen-bond donors (Lipinski definition) is 1. The molecule has 132 valence electrons. The van der Waals surface area contributed by atoms with E-state index in [-0.39, 0.29) is 0 Å². The lowest BCUT2D eigenvalue weighted by atomic mass is 10.0. The van der Waals surface area contributed by atoms with Crippen LogP contribution in [-0.4, -0.2) is 17.2 Å². The molecular weight excluding hydrogens is 324 g/mol. The zero-order chi connectivity index (χ0) is 18.5. The summed E-state index contributed by atoms with van der Waals surface area (Å²) in [7, 11) is 0. The molecule has 0 radical (unpaired) electrons. The summed E-state index contributed by atoms with van der Waals surface area (Å²) in [4.78, 5) is 11.6. The lowest BCUT2D eigenvalue weighted by Gasteiger charge is -2.17. The van der Waals surface area contributed by atoms with Gasteiger partial charge in [0.15, 0.2) is 6.10 Å². The fraction of sp³-hybridized carbons (Fsp3) is 0.174. The second-order valence-electron chi connectivity index (χ2n) is 6.47. The zero-order valence-corrected chi connectivity index (χ0v) is 15.0. The summed E-state index contributed by atoms with van der Waals surface area (Å²) >= 11 is 0. The van der Waals surface area contributed by atoms with Gasteiger partial charge < -0.3 is 9.84 Å². The second-order valence-corrected chi connectivity index (χ2v) is 6.47. The van der Waals surface area contributed by atoms with Crippen molar-refractivity contribution in [1.29, 1.82) is 0 Å². The minimum atomic E-state index is -0.961. The fourth-order valence-electron chi connectivity index (χ4n) is 2.97. The Morgan fingerprint density at radius 2 is 1.58 bits per heavy atom. The van der Waals surface area contributed by atoms with Crippen LogP contribution in [-0.2, 0) is 11.2 Å². The number of benzene rings is 3. The van der Waals surface area contributed by atoms with Crippen molar-refractivity contribution in [2.75, 3.05) is 0 Å². The summed E-state index contributed by atoms with van der Waals surface area (Å²) in [5, 5.41) is 9.55. The molecule has 1 atom stereocenters. The lowest BCUT2D eigenvalue weighted by Crippen LogP contribution is -2.29. The van der Waals surface area contributed by atoms with Crippen molar-refractivity contribution in [2.24, 2.45) is 0 Å². The highest BCUT2D eigenvalue weighted by atomic mass is 16.5. The van der Waals surface area contributed by atoms with Crippen LogP contribution in [0.2, 0.25) is 0 Å². The van der Waals surface area contributed by atoms with Gasteiger partial charge in [0.2, 0.25) is 0 Å². The van der Waals surface area contributed by atoms with Gasteiger partial charge in [0.05, 0.1) is 0 Å². The number of aliphatic carboxylic acids is 1. The van der Waals surface area contributed by atoms with E-state index < -0.39 is 12.1 Å². The summed E-state index contributed by atoms with van der Waals surface area (Å²) in [5.41, 5.74) is 5.42. The summed E-state index contributed by atoms with van der Waals surface area (Å²) in [5.74, 6) is -0.404. The Kier molecular flexibility index (Phi) is 5.37. The Bertz CT molecular complexity index is 883. The van der Waals surface area contributed by atoms with Gasteiger partial charge in [0.1, 0.15) is 5.75 Å². The number of carbonyl (C=O) groups is 1. The van der Waals surface area contributed by atoms with Crippen LogP contribution < -0.4 is 4.74 Å². The van der Waals surface area contributed by atoms with E-state index in [0.29, 0.717) is 12.2 Å². The third kappa shape index (κ3) is 4.31. The summed E-state index contributed by atoms with van der Waals surface area (Å²) in [6.45, 7) is 4.02. The molecule has 0 aromatic heterocycles. The standard InChI is InChI=1S/C23H22O3/c1-16-8-9-20(17(2)14-16)15-22(23(24)25)26-21-12-10-19(11-13-21)18-6-4-3-5-7-18/h3-14,22H,15H2,1-2H3,(H,24,25)/t22-/m1/s1. The van der Waals surface area contributed by atoms with Gasteiger partial charge in [-0.25, -0.2) is 4.79 Å². The molecule has 3 nitrogen and oxygen atoms in total. The first-order valence-electron chi connectivity index (χ1n) is 8.64. The van der Waals surface area contributed by atoms with Crippen LogP contribution in [0.1, 0.15) is 16.7 Å². The number of carboxylic acid groups (broad SMARTS) is 1. The predicted molar refractivity (Wildman–Crippen MR) is 104 cm³/mol. The van der Waals surface area contributed by atoms with Crippen LogP contribution in [0.4, 0.5) is 0 Å². The molecule has 3 aromatic carbocycles. The van der Waals surface area contributed by atoms with Gasteiger partial charge in [0.25, 0.3) is 0 Å². The third-order valence-electron chi connectivity index (χ3n) is 4.42. The largest absolute Gasteiger partial charge is 0.478 e. The Morgan fingerprint density at radius 3 is 2.19 bits per heavy atom. The molecule has 26 heavy (non-hydrogen) atoms. The van der Waals surface area contributed by atoms with E-state index in [9.17, 15) is 9.90 Å². The van der Waals surface area contributed by atoms with Crippen molar-refractivity contribution < 1.29 is 14.6 Å². The molecule has 0 saturated heterocycles. The molecule has 0 saturated carbocycles. The minimum Gasteiger partial charge on any atom is -0.478 e. The van der Waals surface area contributed by atoms with E-state index in [4.69, 9.17) is 4.74 Å². The Labute approximate surface area is 153 Å². The minimum absolute atomic E-state index is 0.335. The maximum Gasteiger partial charge on any atom is 0.345 e. The molecule has 3 aromatic rings. The van der Waals surface area contributed by atoms with E-state index in [0.717, 1.165) is 27.8 Å². The molecule has 0 unspecified atom stereocenters. The quantitative estimate of drug-likeness (QED) is 0.680. The van der Waals surface area contributed by atoms with Crippen LogP contribution >= 0.6 is 0 Å². The van der Waals surface area contributed by atoms with E-state index in [1.165, 1.54) is 0 Å². The Hall–Kier alpha value is -3.07. The third-order valence-corrected chi connectivity index (χ3v) is 4.42. The zero-order valence-electron chi connectivity index (χ0n) is 15.0. The summed E-state index contributed by atoms with van der Waals surface area (Å²) in [6, 6.07) is 23.6. The molecule has 0 bridgehead atoms. The smallest absolute Gasteiger partial charge is 0.345 e. The molecule has 0 spiro atoms. The van der Waals surface area contributed by atoms with Gasteiger partial charge in [0, 0.05) is 6.42 Å². The van der Waals surface area contributed by atoms with Crippen LogP contribution in [0.25, 0.3) is 11.1 Å². The van der Waals surface area contributed by atoms with E-state index in [2.05, 4.69) is 6.07 Å². The van der Waals surface area contributed by atoms with Crippen molar-refractivity contribution >= 4 is 5.97 Å². The first-order valence-corrected chi connectivity index (χ1v) is 8.64. The lowest BCUT2D eigenvalue weighted by molar-refractivity contribution is -0.145. The van der Waals surface area contributed by atoms with Crippen molar-refractivity contribution in [1.82, 2.24) is 0 Å². The van der Waals surface area contributed by atoms with E-state index in [1.54, 1.807) is 0 Å². The fourth-order valence-corrected chi connectivity index (χ4v) is 2.97.